The molecule has 0 fully saturated rings. The van der Waals surface area contributed by atoms with Gasteiger partial charge >= 0.3 is 6.09 Å². The summed E-state index contributed by atoms with van der Waals surface area (Å²) >= 11 is 6.07. The van der Waals surface area contributed by atoms with Crippen LogP contribution in [0.5, 0.6) is 0 Å². The maximum Gasteiger partial charge on any atom is 0.412 e. The van der Waals surface area contributed by atoms with E-state index in [1.165, 1.54) is 0 Å². The van der Waals surface area contributed by atoms with Crippen molar-refractivity contribution >= 4 is 23.4 Å². The van der Waals surface area contributed by atoms with Crippen molar-refractivity contribution in [3.8, 4) is 0 Å². The number of rotatable bonds is 4. The lowest BCUT2D eigenvalue weighted by atomic mass is 9.95. The topological polar surface area (TPSA) is 84.6 Å². The first kappa shape index (κ1) is 17.8. The maximum atomic E-state index is 11.8. The highest BCUT2D eigenvalue weighted by molar-refractivity contribution is 6.33. The Bertz CT molecular complexity index is 510. The van der Waals surface area contributed by atoms with Crippen molar-refractivity contribution in [2.75, 3.05) is 11.9 Å². The van der Waals surface area contributed by atoms with Crippen molar-refractivity contribution in [1.82, 2.24) is 0 Å². The highest BCUT2D eigenvalue weighted by Crippen LogP contribution is 2.25. The zero-order valence-corrected chi connectivity index (χ0v) is 13.6. The number of amides is 1. The number of benzene rings is 1. The first-order valence-corrected chi connectivity index (χ1v) is 7.08. The second kappa shape index (κ2) is 6.64. The van der Waals surface area contributed by atoms with E-state index in [9.17, 15) is 9.90 Å². The van der Waals surface area contributed by atoms with Gasteiger partial charge in [0, 0.05) is 5.54 Å². The zero-order valence-electron chi connectivity index (χ0n) is 12.9. The van der Waals surface area contributed by atoms with Crippen LogP contribution in [0.25, 0.3) is 0 Å². The fourth-order valence-corrected chi connectivity index (χ4v) is 1.88. The SMILES string of the molecule is CC(N)(CO)Cc1ccc(Cl)c(NC(=O)OC(C)(C)C)c1. The minimum atomic E-state index is -0.725. The molecule has 5 nitrogen and oxygen atoms in total. The minimum absolute atomic E-state index is 0.134. The number of aliphatic hydroxyl groups is 1. The molecule has 0 heterocycles. The predicted octanol–water partition coefficient (Wildman–Crippen LogP) is 2.94. The quantitative estimate of drug-likeness (QED) is 0.797. The monoisotopic (exact) mass is 314 g/mol. The van der Waals surface area contributed by atoms with Crippen LogP contribution in [-0.2, 0) is 11.2 Å². The Morgan fingerprint density at radius 2 is 2.00 bits per heavy atom. The third-order valence-corrected chi connectivity index (χ3v) is 2.97. The van der Waals surface area contributed by atoms with Crippen molar-refractivity contribution in [3.63, 3.8) is 0 Å². The Kier molecular flexibility index (Phi) is 5.61. The molecule has 0 radical (unpaired) electrons. The van der Waals surface area contributed by atoms with Crippen molar-refractivity contribution in [3.05, 3.63) is 28.8 Å². The van der Waals surface area contributed by atoms with Crippen LogP contribution in [0.2, 0.25) is 5.02 Å². The van der Waals surface area contributed by atoms with Crippen molar-refractivity contribution < 1.29 is 14.6 Å². The molecule has 0 spiro atoms. The molecule has 1 rings (SSSR count). The van der Waals surface area contributed by atoms with Crippen LogP contribution >= 0.6 is 11.6 Å². The number of nitrogens with two attached hydrogens (primary N) is 1. The van der Waals surface area contributed by atoms with Gasteiger partial charge in [0.1, 0.15) is 5.60 Å². The van der Waals surface area contributed by atoms with Gasteiger partial charge in [0.25, 0.3) is 0 Å². The van der Waals surface area contributed by atoms with Crippen LogP contribution in [0.3, 0.4) is 0 Å². The molecule has 1 atom stereocenters. The standard InChI is InChI=1S/C15H23ClN2O3/c1-14(2,3)21-13(20)18-12-7-10(5-6-11(12)16)8-15(4,17)9-19/h5-7,19H,8-9,17H2,1-4H3,(H,18,20). The Hall–Kier alpha value is -1.30. The van der Waals surface area contributed by atoms with Gasteiger partial charge < -0.3 is 15.6 Å². The summed E-state index contributed by atoms with van der Waals surface area (Å²) in [6, 6.07) is 5.22. The molecule has 0 aliphatic rings. The van der Waals surface area contributed by atoms with Gasteiger partial charge in [-0.1, -0.05) is 17.7 Å². The summed E-state index contributed by atoms with van der Waals surface area (Å²) in [5.74, 6) is 0. The second-order valence-electron chi connectivity index (χ2n) is 6.43. The Morgan fingerprint density at radius 3 is 2.52 bits per heavy atom. The summed E-state index contributed by atoms with van der Waals surface area (Å²) < 4.78 is 5.19. The van der Waals surface area contributed by atoms with Gasteiger partial charge in [-0.3, -0.25) is 5.32 Å². The summed E-state index contributed by atoms with van der Waals surface area (Å²) in [7, 11) is 0. The maximum absolute atomic E-state index is 11.8. The van der Waals surface area contributed by atoms with E-state index in [4.69, 9.17) is 22.1 Å². The number of aliphatic hydroxyl groups excluding tert-OH is 1. The molecule has 1 aromatic carbocycles. The van der Waals surface area contributed by atoms with Crippen LogP contribution in [0, 0.1) is 0 Å². The third-order valence-electron chi connectivity index (χ3n) is 2.64. The number of nitrogens with one attached hydrogen (secondary N) is 1. The molecule has 0 aromatic heterocycles. The van der Waals surface area contributed by atoms with Gasteiger partial charge in [-0.2, -0.15) is 0 Å². The number of halogens is 1. The van der Waals surface area contributed by atoms with Gasteiger partial charge in [-0.15, -0.1) is 0 Å². The molecule has 4 N–H and O–H groups in total. The number of carbonyl (C=O) groups excluding carboxylic acids is 1. The molecular weight excluding hydrogens is 292 g/mol. The van der Waals surface area contributed by atoms with Crippen molar-refractivity contribution in [2.45, 2.75) is 45.3 Å². The summed E-state index contributed by atoms with van der Waals surface area (Å²) in [4.78, 5) is 11.8. The smallest absolute Gasteiger partial charge is 0.412 e. The number of hydrogen-bond acceptors (Lipinski definition) is 4. The van der Waals surface area contributed by atoms with E-state index in [0.29, 0.717) is 17.1 Å². The Morgan fingerprint density at radius 1 is 1.38 bits per heavy atom. The molecule has 0 aliphatic carbocycles. The van der Waals surface area contributed by atoms with Gasteiger partial charge in [-0.05, 0) is 51.8 Å². The fourth-order valence-electron chi connectivity index (χ4n) is 1.71. The van der Waals surface area contributed by atoms with Crippen LogP contribution in [-0.4, -0.2) is 28.9 Å². The number of anilines is 1. The van der Waals surface area contributed by atoms with Crippen LogP contribution in [0.15, 0.2) is 18.2 Å². The summed E-state index contributed by atoms with van der Waals surface area (Å²) in [5.41, 5.74) is 5.94. The van der Waals surface area contributed by atoms with Crippen LogP contribution in [0.1, 0.15) is 33.3 Å². The molecule has 1 amide bonds. The first-order valence-electron chi connectivity index (χ1n) is 6.70. The number of hydrogen-bond donors (Lipinski definition) is 3. The molecule has 6 heteroatoms. The molecule has 1 aromatic rings. The highest BCUT2D eigenvalue weighted by atomic mass is 35.5. The van der Waals surface area contributed by atoms with Gasteiger partial charge in [-0.25, -0.2) is 4.79 Å². The zero-order chi connectivity index (χ0) is 16.3. The molecule has 0 bridgehead atoms. The number of ether oxygens (including phenoxy) is 1. The van der Waals surface area contributed by atoms with E-state index < -0.39 is 17.2 Å². The van der Waals surface area contributed by atoms with E-state index >= 15 is 0 Å². The van der Waals surface area contributed by atoms with E-state index in [1.807, 2.05) is 6.07 Å². The fraction of sp³-hybridized carbons (Fsp3) is 0.533. The summed E-state index contributed by atoms with van der Waals surface area (Å²) in [5, 5.41) is 12.2. The van der Waals surface area contributed by atoms with E-state index in [1.54, 1.807) is 39.8 Å². The number of carbonyl (C=O) groups is 1. The van der Waals surface area contributed by atoms with Gasteiger partial charge in [0.2, 0.25) is 0 Å². The molecule has 21 heavy (non-hydrogen) atoms. The van der Waals surface area contributed by atoms with E-state index in [-0.39, 0.29) is 6.61 Å². The predicted molar refractivity (Wildman–Crippen MR) is 84.7 cm³/mol. The second-order valence-corrected chi connectivity index (χ2v) is 6.84. The molecule has 0 saturated carbocycles. The highest BCUT2D eigenvalue weighted by Gasteiger charge is 2.20. The summed E-state index contributed by atoms with van der Waals surface area (Å²) in [6.45, 7) is 6.97. The Labute approximate surface area is 130 Å². The first-order chi connectivity index (χ1) is 9.52. The Balaban J connectivity index is 2.86. The largest absolute Gasteiger partial charge is 0.444 e. The molecule has 1 unspecified atom stereocenters. The molecule has 118 valence electrons. The molecule has 0 aliphatic heterocycles. The van der Waals surface area contributed by atoms with Gasteiger partial charge in [0.05, 0.1) is 17.3 Å². The molecule has 0 saturated heterocycles. The minimum Gasteiger partial charge on any atom is -0.444 e. The van der Waals surface area contributed by atoms with Crippen molar-refractivity contribution in [2.24, 2.45) is 5.73 Å². The van der Waals surface area contributed by atoms with E-state index in [0.717, 1.165) is 5.56 Å². The summed E-state index contributed by atoms with van der Waals surface area (Å²) in [6.07, 6.45) is -0.108. The van der Waals surface area contributed by atoms with Crippen molar-refractivity contribution in [1.29, 1.82) is 0 Å². The third kappa shape index (κ3) is 6.33. The average molecular weight is 315 g/mol. The molecular formula is C15H23ClN2O3. The lowest BCUT2D eigenvalue weighted by Crippen LogP contribution is -2.42. The van der Waals surface area contributed by atoms with Crippen LogP contribution < -0.4 is 11.1 Å². The lowest BCUT2D eigenvalue weighted by molar-refractivity contribution is 0.0636. The average Bonchev–Trinajstić information content (AvgIpc) is 2.31. The lowest BCUT2D eigenvalue weighted by Gasteiger charge is -2.22. The van der Waals surface area contributed by atoms with Gasteiger partial charge in [0.15, 0.2) is 0 Å². The van der Waals surface area contributed by atoms with E-state index in [2.05, 4.69) is 5.32 Å². The normalized spacial score (nSPS) is 14.4. The van der Waals surface area contributed by atoms with Crippen LogP contribution in [0.4, 0.5) is 10.5 Å².